The molecule has 0 aliphatic rings. The second-order valence-electron chi connectivity index (χ2n) is 1.20. The molecule has 0 unspecified atom stereocenters. The Balaban J connectivity index is 4.21. The van der Waals surface area contributed by atoms with Crippen molar-refractivity contribution < 1.29 is 8.42 Å². The quantitative estimate of drug-likeness (QED) is 0.369. The Labute approximate surface area is 63.8 Å². The second kappa shape index (κ2) is 3.23. The lowest BCUT2D eigenvalue weighted by Crippen LogP contribution is -1.88. The fourth-order valence-corrected chi connectivity index (χ4v) is 0.537. The summed E-state index contributed by atoms with van der Waals surface area (Å²) in [5, 5.41) is 3.03. The van der Waals surface area contributed by atoms with E-state index >= 15 is 0 Å². The first-order chi connectivity index (χ1) is 3.92. The maximum absolute atomic E-state index is 10.2. The molecule has 0 aromatic heterocycles. The van der Waals surface area contributed by atoms with E-state index in [4.69, 9.17) is 0 Å². The molecule has 0 heterocycles. The molecule has 0 fully saturated rings. The first kappa shape index (κ1) is 8.99. The molecule has 0 aromatic rings. The second-order valence-corrected chi connectivity index (χ2v) is 3.94. The summed E-state index contributed by atoms with van der Waals surface area (Å²) in [5.41, 5.74) is 0. The van der Waals surface area contributed by atoms with Crippen LogP contribution in [0.5, 0.6) is 0 Å². The molecule has 0 saturated heterocycles. The molecule has 9 heavy (non-hydrogen) atoms. The van der Waals surface area contributed by atoms with Crippen LogP contribution >= 0.6 is 24.8 Å². The lowest BCUT2D eigenvalue weighted by Gasteiger charge is -1.80. The average Bonchev–Trinajstić information content (AvgIpc) is 1.59. The molecule has 4 nitrogen and oxygen atoms in total. The molecular weight excluding hydrogens is 180 g/mol. The van der Waals surface area contributed by atoms with Crippen LogP contribution in [-0.4, -0.2) is 19.0 Å². The van der Waals surface area contributed by atoms with E-state index in [1.165, 1.54) is 0 Å². The van der Waals surface area contributed by atoms with E-state index in [1.807, 2.05) is 0 Å². The molecule has 0 saturated carbocycles. The molecule has 0 spiro atoms. The van der Waals surface area contributed by atoms with Gasteiger partial charge < -0.3 is 0 Å². The maximum atomic E-state index is 10.2. The highest BCUT2D eigenvalue weighted by Crippen LogP contribution is 1.91. The van der Waals surface area contributed by atoms with Gasteiger partial charge in [0, 0.05) is 0 Å². The summed E-state index contributed by atoms with van der Waals surface area (Å²) in [6.45, 7) is 0. The topological polar surface area (TPSA) is 58.9 Å². The lowest BCUT2D eigenvalue weighted by molar-refractivity contribution is 0.601. The van der Waals surface area contributed by atoms with Crippen molar-refractivity contribution in [2.45, 2.75) is 0 Å². The van der Waals surface area contributed by atoms with Crippen LogP contribution in [-0.2, 0) is 10.0 Å². The van der Waals surface area contributed by atoms with Crippen molar-refractivity contribution in [3.63, 3.8) is 0 Å². The van der Waals surface area contributed by atoms with E-state index in [-0.39, 0.29) is 4.32 Å². The maximum Gasteiger partial charge on any atom is 0.267 e. The molecule has 0 bridgehead atoms. The smallest absolute Gasteiger partial charge is 0.203 e. The number of hydrogen-bond donors (Lipinski definition) is 1. The van der Waals surface area contributed by atoms with E-state index in [1.54, 1.807) is 0 Å². The van der Waals surface area contributed by atoms with Crippen molar-refractivity contribution in [2.75, 3.05) is 6.26 Å². The number of thiol groups is 1. The van der Waals surface area contributed by atoms with Gasteiger partial charge >= 0.3 is 0 Å². The van der Waals surface area contributed by atoms with Gasteiger partial charge in [0.25, 0.3) is 10.0 Å². The van der Waals surface area contributed by atoms with Crippen molar-refractivity contribution in [2.24, 2.45) is 9.63 Å². The van der Waals surface area contributed by atoms with Crippen molar-refractivity contribution in [3.8, 4) is 0 Å². The zero-order valence-electron chi connectivity index (χ0n) is 4.47. The van der Waals surface area contributed by atoms with Gasteiger partial charge in [-0.25, -0.2) is 8.42 Å². The molecule has 0 N–H and O–H groups in total. The molecule has 0 aliphatic carbocycles. The van der Waals surface area contributed by atoms with E-state index in [0.717, 1.165) is 6.26 Å². The Morgan fingerprint density at radius 2 is 2.11 bits per heavy atom. The van der Waals surface area contributed by atoms with Crippen LogP contribution in [0.3, 0.4) is 0 Å². The summed E-state index contributed by atoms with van der Waals surface area (Å²) >= 11 is 7.82. The van der Waals surface area contributed by atoms with Crippen LogP contribution in [0.25, 0.3) is 0 Å². The standard InChI is InChI=1S/C2H4N2O2S3/c1-9(5,6)4-3-2(7)8/h1H3,(H,7,8)/b4-3+. The fraction of sp³-hybridized carbons (Fsp3) is 0.500. The van der Waals surface area contributed by atoms with Crippen LogP contribution in [0.2, 0.25) is 0 Å². The van der Waals surface area contributed by atoms with Crippen molar-refractivity contribution in [3.05, 3.63) is 0 Å². The van der Waals surface area contributed by atoms with Gasteiger partial charge in [-0.1, -0.05) is 4.52 Å². The van der Waals surface area contributed by atoms with Crippen LogP contribution in [0, 0.1) is 0 Å². The third kappa shape index (κ3) is 7.99. The third-order valence-electron chi connectivity index (χ3n) is 0.275. The van der Waals surface area contributed by atoms with Gasteiger partial charge in [0.1, 0.15) is 0 Å². The Bertz CT molecular complexity index is 228. The van der Waals surface area contributed by atoms with Crippen LogP contribution < -0.4 is 0 Å². The predicted octanol–water partition coefficient (Wildman–Crippen LogP) is 0.613. The zero-order chi connectivity index (χ0) is 7.49. The highest BCUT2D eigenvalue weighted by molar-refractivity contribution is 8.11. The van der Waals surface area contributed by atoms with Crippen LogP contribution in [0.15, 0.2) is 9.63 Å². The monoisotopic (exact) mass is 184 g/mol. The molecule has 0 atom stereocenters. The van der Waals surface area contributed by atoms with Gasteiger partial charge in [-0.2, -0.15) is 0 Å². The third-order valence-corrected chi connectivity index (χ3v) is 0.824. The highest BCUT2D eigenvalue weighted by Gasteiger charge is 1.93. The van der Waals surface area contributed by atoms with Crippen LogP contribution in [0.1, 0.15) is 0 Å². The Morgan fingerprint density at radius 3 is 2.22 bits per heavy atom. The Morgan fingerprint density at radius 1 is 1.67 bits per heavy atom. The van der Waals surface area contributed by atoms with Gasteiger partial charge in [0.2, 0.25) is 0 Å². The Hall–Kier alpha value is -0.0100. The lowest BCUT2D eigenvalue weighted by atomic mass is 11.5. The number of hydrogen-bond acceptors (Lipinski definition) is 3. The van der Waals surface area contributed by atoms with E-state index in [2.05, 4.69) is 34.5 Å². The van der Waals surface area contributed by atoms with Gasteiger partial charge in [0.05, 0.1) is 6.26 Å². The van der Waals surface area contributed by atoms with Crippen molar-refractivity contribution in [1.29, 1.82) is 0 Å². The first-order valence-corrected chi connectivity index (χ1v) is 4.48. The summed E-state index contributed by atoms with van der Waals surface area (Å²) in [4.78, 5) is 0. The van der Waals surface area contributed by atoms with Gasteiger partial charge in [0.15, 0.2) is 4.32 Å². The summed E-state index contributed by atoms with van der Waals surface area (Å²) < 4.78 is 23.1. The summed E-state index contributed by atoms with van der Waals surface area (Å²) in [7, 11) is -3.40. The Kier molecular flexibility index (Phi) is 3.23. The molecular formula is C2H4N2O2S3. The molecule has 0 amide bonds. The van der Waals surface area contributed by atoms with Crippen LogP contribution in [0.4, 0.5) is 0 Å². The van der Waals surface area contributed by atoms with Crippen molar-refractivity contribution in [1.82, 2.24) is 0 Å². The van der Waals surface area contributed by atoms with E-state index < -0.39 is 10.0 Å². The number of rotatable bonds is 1. The molecule has 0 radical (unpaired) electrons. The van der Waals surface area contributed by atoms with Gasteiger partial charge in [-0.3, -0.25) is 0 Å². The van der Waals surface area contributed by atoms with E-state index in [0.29, 0.717) is 0 Å². The normalized spacial score (nSPS) is 12.2. The molecule has 0 rings (SSSR count). The molecule has 7 heteroatoms. The number of nitrogens with zero attached hydrogens (tertiary/aromatic N) is 2. The van der Waals surface area contributed by atoms with E-state index in [9.17, 15) is 8.42 Å². The average molecular weight is 184 g/mol. The zero-order valence-corrected chi connectivity index (χ0v) is 7.00. The minimum atomic E-state index is -3.40. The fourth-order valence-electron chi connectivity index (χ4n) is 0.109. The first-order valence-electron chi connectivity index (χ1n) is 1.78. The summed E-state index contributed by atoms with van der Waals surface area (Å²) in [6, 6.07) is 0. The molecule has 0 aromatic carbocycles. The summed E-state index contributed by atoms with van der Waals surface area (Å²) in [6.07, 6.45) is 0.919. The van der Waals surface area contributed by atoms with Gasteiger partial charge in [-0.15, -0.1) is 17.7 Å². The minimum absolute atomic E-state index is 0.0968. The van der Waals surface area contributed by atoms with Gasteiger partial charge in [-0.05, 0) is 12.2 Å². The highest BCUT2D eigenvalue weighted by atomic mass is 32.2. The number of sulfonamides is 1. The van der Waals surface area contributed by atoms with Crippen molar-refractivity contribution >= 4 is 39.2 Å². The molecule has 52 valence electrons. The SMILES string of the molecule is CS(=O)(=O)/N=N/C(=S)S. The largest absolute Gasteiger partial charge is 0.267 e. The minimum Gasteiger partial charge on any atom is -0.203 e. The number of thiocarbonyl (C=S) groups is 1. The summed E-state index contributed by atoms with van der Waals surface area (Å²) in [5.74, 6) is 0. The molecule has 0 aliphatic heterocycles. The predicted molar refractivity (Wildman–Crippen MR) is 41.3 cm³/mol.